The fraction of sp³-hybridized carbons (Fsp3) is 0.909. The topological polar surface area (TPSA) is 77.8 Å². The highest BCUT2D eigenvalue weighted by Crippen LogP contribution is 2.06. The molecular formula is C11H24O4. The van der Waals surface area contributed by atoms with Gasteiger partial charge in [0.1, 0.15) is 0 Å². The third-order valence-corrected chi connectivity index (χ3v) is 1.82. The molecule has 0 bridgehead atoms. The van der Waals surface area contributed by atoms with Gasteiger partial charge in [-0.3, -0.25) is 4.79 Å². The number of aliphatic hydroxyl groups excluding tert-OH is 2. The molecule has 3 N–H and O–H groups in total. The van der Waals surface area contributed by atoms with Crippen molar-refractivity contribution >= 4 is 5.97 Å². The van der Waals surface area contributed by atoms with Crippen molar-refractivity contribution in [3.63, 3.8) is 0 Å². The molecule has 0 aliphatic carbocycles. The first-order chi connectivity index (χ1) is 7.15. The SMILES string of the molecule is CC(=O)O.OCCCCCCCCCO. The van der Waals surface area contributed by atoms with E-state index in [4.69, 9.17) is 20.1 Å². The molecule has 0 radical (unpaired) electrons. The van der Waals surface area contributed by atoms with Crippen LogP contribution < -0.4 is 0 Å². The van der Waals surface area contributed by atoms with Gasteiger partial charge in [-0.2, -0.15) is 0 Å². The summed E-state index contributed by atoms with van der Waals surface area (Å²) in [5.41, 5.74) is 0. The Morgan fingerprint density at radius 1 is 0.800 bits per heavy atom. The van der Waals surface area contributed by atoms with Crippen molar-refractivity contribution in [2.24, 2.45) is 0 Å². The van der Waals surface area contributed by atoms with Crippen LogP contribution in [-0.2, 0) is 4.79 Å². The Kier molecular flexibility index (Phi) is 17.8. The molecule has 0 aliphatic heterocycles. The molecule has 0 fully saturated rings. The lowest BCUT2D eigenvalue weighted by Crippen LogP contribution is -1.85. The summed E-state index contributed by atoms with van der Waals surface area (Å²) in [6.45, 7) is 1.74. The second-order valence-electron chi connectivity index (χ2n) is 3.44. The van der Waals surface area contributed by atoms with E-state index in [1.807, 2.05) is 0 Å². The fourth-order valence-corrected chi connectivity index (χ4v) is 1.11. The Balaban J connectivity index is 0. The molecule has 0 aromatic carbocycles. The summed E-state index contributed by atoms with van der Waals surface area (Å²) >= 11 is 0. The van der Waals surface area contributed by atoms with E-state index >= 15 is 0 Å². The Bertz CT molecular complexity index is 114. The van der Waals surface area contributed by atoms with Crippen LogP contribution in [0.5, 0.6) is 0 Å². The van der Waals surface area contributed by atoms with Gasteiger partial charge in [-0.05, 0) is 12.8 Å². The first-order valence-electron chi connectivity index (χ1n) is 5.56. The standard InChI is InChI=1S/C9H20O2.C2H4O2/c10-8-6-4-2-1-3-5-7-9-11;1-2(3)4/h10-11H,1-9H2;1H3,(H,3,4). The summed E-state index contributed by atoms with van der Waals surface area (Å²) in [4.78, 5) is 9.00. The average Bonchev–Trinajstić information content (AvgIpc) is 2.16. The van der Waals surface area contributed by atoms with Crippen LogP contribution in [0.25, 0.3) is 0 Å². The highest BCUT2D eigenvalue weighted by Gasteiger charge is 1.89. The quantitative estimate of drug-likeness (QED) is 0.545. The van der Waals surface area contributed by atoms with Gasteiger partial charge in [-0.1, -0.05) is 32.1 Å². The Morgan fingerprint density at radius 3 is 1.20 bits per heavy atom. The average molecular weight is 220 g/mol. The number of aliphatic hydroxyl groups is 2. The zero-order valence-corrected chi connectivity index (χ0v) is 9.61. The van der Waals surface area contributed by atoms with E-state index in [-0.39, 0.29) is 0 Å². The highest BCUT2D eigenvalue weighted by molar-refractivity contribution is 5.62. The fourth-order valence-electron chi connectivity index (χ4n) is 1.11. The normalized spacial score (nSPS) is 9.27. The van der Waals surface area contributed by atoms with Crippen molar-refractivity contribution in [2.75, 3.05) is 13.2 Å². The van der Waals surface area contributed by atoms with Gasteiger partial charge in [0.2, 0.25) is 0 Å². The molecule has 0 unspecified atom stereocenters. The van der Waals surface area contributed by atoms with Crippen LogP contribution in [0.2, 0.25) is 0 Å². The van der Waals surface area contributed by atoms with Crippen LogP contribution in [0.15, 0.2) is 0 Å². The van der Waals surface area contributed by atoms with Crippen LogP contribution in [-0.4, -0.2) is 34.5 Å². The lowest BCUT2D eigenvalue weighted by Gasteiger charge is -1.98. The molecule has 0 atom stereocenters. The smallest absolute Gasteiger partial charge is 0.300 e. The van der Waals surface area contributed by atoms with Crippen molar-refractivity contribution in [3.05, 3.63) is 0 Å². The van der Waals surface area contributed by atoms with Gasteiger partial charge >= 0.3 is 0 Å². The van der Waals surface area contributed by atoms with E-state index in [1.165, 1.54) is 19.3 Å². The molecule has 0 aromatic heterocycles. The summed E-state index contributed by atoms with van der Waals surface area (Å²) in [7, 11) is 0. The van der Waals surface area contributed by atoms with Gasteiger partial charge in [0.25, 0.3) is 5.97 Å². The molecule has 0 spiro atoms. The maximum absolute atomic E-state index is 9.00. The molecule has 0 amide bonds. The highest BCUT2D eigenvalue weighted by atomic mass is 16.4. The molecule has 4 heteroatoms. The second kappa shape index (κ2) is 15.8. The summed E-state index contributed by atoms with van der Waals surface area (Å²) in [6, 6.07) is 0. The summed E-state index contributed by atoms with van der Waals surface area (Å²) < 4.78 is 0. The number of hydrogen-bond acceptors (Lipinski definition) is 3. The molecule has 0 rings (SSSR count). The van der Waals surface area contributed by atoms with E-state index in [0.29, 0.717) is 13.2 Å². The van der Waals surface area contributed by atoms with E-state index in [2.05, 4.69) is 0 Å². The van der Waals surface area contributed by atoms with Gasteiger partial charge in [0.05, 0.1) is 0 Å². The van der Waals surface area contributed by atoms with Gasteiger partial charge in [0, 0.05) is 20.1 Å². The maximum atomic E-state index is 9.00. The first kappa shape index (κ1) is 16.8. The lowest BCUT2D eigenvalue weighted by molar-refractivity contribution is -0.134. The molecule has 0 aromatic rings. The molecule has 0 saturated heterocycles. The zero-order valence-electron chi connectivity index (χ0n) is 9.61. The van der Waals surface area contributed by atoms with E-state index in [9.17, 15) is 0 Å². The van der Waals surface area contributed by atoms with Crippen molar-refractivity contribution in [1.82, 2.24) is 0 Å². The number of rotatable bonds is 8. The number of carboxylic acids is 1. The van der Waals surface area contributed by atoms with Crippen molar-refractivity contribution in [2.45, 2.75) is 51.9 Å². The molecule has 92 valence electrons. The van der Waals surface area contributed by atoms with Crippen molar-refractivity contribution in [1.29, 1.82) is 0 Å². The zero-order chi connectivity index (χ0) is 11.9. The molecule has 0 saturated carbocycles. The second-order valence-corrected chi connectivity index (χ2v) is 3.44. The summed E-state index contributed by atoms with van der Waals surface area (Å²) in [5.74, 6) is -0.833. The predicted molar refractivity (Wildman–Crippen MR) is 59.8 cm³/mol. The van der Waals surface area contributed by atoms with Crippen molar-refractivity contribution in [3.8, 4) is 0 Å². The number of aliphatic carboxylic acids is 1. The largest absolute Gasteiger partial charge is 0.481 e. The third kappa shape index (κ3) is 31.8. The summed E-state index contributed by atoms with van der Waals surface area (Å²) in [5, 5.41) is 24.4. The lowest BCUT2D eigenvalue weighted by atomic mass is 10.1. The van der Waals surface area contributed by atoms with Gasteiger partial charge in [-0.25, -0.2) is 0 Å². The Hall–Kier alpha value is -0.610. The number of carbonyl (C=O) groups is 1. The van der Waals surface area contributed by atoms with E-state index < -0.39 is 5.97 Å². The van der Waals surface area contributed by atoms with Crippen molar-refractivity contribution < 1.29 is 20.1 Å². The van der Waals surface area contributed by atoms with E-state index in [1.54, 1.807) is 0 Å². The maximum Gasteiger partial charge on any atom is 0.300 e. The third-order valence-electron chi connectivity index (χ3n) is 1.82. The number of hydrogen-bond donors (Lipinski definition) is 3. The minimum Gasteiger partial charge on any atom is -0.481 e. The Labute approximate surface area is 91.9 Å². The molecule has 0 aliphatic rings. The minimum absolute atomic E-state index is 0.330. The number of unbranched alkanes of at least 4 members (excludes halogenated alkanes) is 6. The molecule has 15 heavy (non-hydrogen) atoms. The monoisotopic (exact) mass is 220 g/mol. The first-order valence-corrected chi connectivity index (χ1v) is 5.56. The number of carboxylic acid groups (broad SMARTS) is 1. The van der Waals surface area contributed by atoms with Gasteiger partial charge < -0.3 is 15.3 Å². The minimum atomic E-state index is -0.833. The van der Waals surface area contributed by atoms with Crippen LogP contribution >= 0.6 is 0 Å². The van der Waals surface area contributed by atoms with Gasteiger partial charge in [-0.15, -0.1) is 0 Å². The molecule has 0 heterocycles. The summed E-state index contributed by atoms with van der Waals surface area (Å²) in [6.07, 6.45) is 7.89. The predicted octanol–water partition coefficient (Wildman–Crippen LogP) is 1.79. The van der Waals surface area contributed by atoms with Crippen LogP contribution in [0.3, 0.4) is 0 Å². The van der Waals surface area contributed by atoms with E-state index in [0.717, 1.165) is 32.6 Å². The molecular weight excluding hydrogens is 196 g/mol. The van der Waals surface area contributed by atoms with Crippen LogP contribution in [0.4, 0.5) is 0 Å². The Morgan fingerprint density at radius 2 is 1.00 bits per heavy atom. The molecule has 4 nitrogen and oxygen atoms in total. The van der Waals surface area contributed by atoms with Gasteiger partial charge in [0.15, 0.2) is 0 Å². The van der Waals surface area contributed by atoms with Crippen LogP contribution in [0.1, 0.15) is 51.9 Å². The van der Waals surface area contributed by atoms with Crippen LogP contribution in [0, 0.1) is 0 Å².